The van der Waals surface area contributed by atoms with Gasteiger partial charge in [-0.2, -0.15) is 0 Å². The number of nitro benzene ring substituents is 1. The first-order valence-corrected chi connectivity index (χ1v) is 6.82. The number of aliphatic hydroxyl groups is 1. The van der Waals surface area contributed by atoms with Crippen molar-refractivity contribution < 1.29 is 14.8 Å². The van der Waals surface area contributed by atoms with Crippen LogP contribution in [0.2, 0.25) is 0 Å². The minimum absolute atomic E-state index is 0.0279. The highest BCUT2D eigenvalue weighted by Gasteiger charge is 2.10. The van der Waals surface area contributed by atoms with Crippen LogP contribution in [0.25, 0.3) is 0 Å². The summed E-state index contributed by atoms with van der Waals surface area (Å²) in [6.45, 7) is 1.80. The first-order chi connectivity index (χ1) is 9.06. The summed E-state index contributed by atoms with van der Waals surface area (Å²) < 4.78 is 0. The molecule has 1 aromatic carbocycles. The molecule has 1 unspecified atom stereocenters. The van der Waals surface area contributed by atoms with E-state index >= 15 is 0 Å². The molecule has 7 heteroatoms. The standard InChI is InChI=1S/C12H16N2O4S/c1-2-9(7-15)13-12(16)8-19-11-5-3-10(4-6-11)14(17)18/h3-6,9,15H,2,7-8H2,1H3,(H,13,16). The molecule has 0 aromatic heterocycles. The van der Waals surface area contributed by atoms with Crippen LogP contribution in [0.1, 0.15) is 13.3 Å². The summed E-state index contributed by atoms with van der Waals surface area (Å²) in [5, 5.41) is 22.1. The van der Waals surface area contributed by atoms with Gasteiger partial charge in [0.05, 0.1) is 23.3 Å². The van der Waals surface area contributed by atoms with Crippen molar-refractivity contribution in [2.75, 3.05) is 12.4 Å². The van der Waals surface area contributed by atoms with Crippen LogP contribution >= 0.6 is 11.8 Å². The molecular weight excluding hydrogens is 268 g/mol. The minimum Gasteiger partial charge on any atom is -0.394 e. The Bertz CT molecular complexity index is 432. The fourth-order valence-corrected chi connectivity index (χ4v) is 2.07. The Balaban J connectivity index is 2.43. The molecule has 19 heavy (non-hydrogen) atoms. The molecule has 0 spiro atoms. The average molecular weight is 284 g/mol. The van der Waals surface area contributed by atoms with E-state index < -0.39 is 4.92 Å². The maximum atomic E-state index is 11.6. The number of amides is 1. The van der Waals surface area contributed by atoms with Gasteiger partial charge in [-0.05, 0) is 18.6 Å². The van der Waals surface area contributed by atoms with Gasteiger partial charge >= 0.3 is 0 Å². The van der Waals surface area contributed by atoms with Gasteiger partial charge in [0.1, 0.15) is 0 Å². The van der Waals surface area contributed by atoms with Gasteiger partial charge in [-0.1, -0.05) is 6.92 Å². The van der Waals surface area contributed by atoms with Crippen LogP contribution < -0.4 is 5.32 Å². The summed E-state index contributed by atoms with van der Waals surface area (Å²) >= 11 is 1.30. The number of rotatable bonds is 7. The molecule has 0 fully saturated rings. The average Bonchev–Trinajstić information content (AvgIpc) is 2.43. The van der Waals surface area contributed by atoms with Crippen LogP contribution in [0.5, 0.6) is 0 Å². The van der Waals surface area contributed by atoms with E-state index in [2.05, 4.69) is 5.32 Å². The zero-order chi connectivity index (χ0) is 14.3. The fraction of sp³-hybridized carbons (Fsp3) is 0.417. The van der Waals surface area contributed by atoms with Crippen molar-refractivity contribution in [3.05, 3.63) is 34.4 Å². The molecule has 0 bridgehead atoms. The SMILES string of the molecule is CCC(CO)NC(=O)CSc1ccc([N+](=O)[O-])cc1. The fourth-order valence-electron chi connectivity index (χ4n) is 1.36. The van der Waals surface area contributed by atoms with Crippen LogP contribution in [-0.4, -0.2) is 34.3 Å². The van der Waals surface area contributed by atoms with E-state index in [4.69, 9.17) is 5.11 Å². The van der Waals surface area contributed by atoms with Gasteiger partial charge < -0.3 is 10.4 Å². The maximum Gasteiger partial charge on any atom is 0.269 e. The van der Waals surface area contributed by atoms with Gasteiger partial charge in [-0.15, -0.1) is 11.8 Å². The summed E-state index contributed by atoms with van der Waals surface area (Å²) in [6, 6.07) is 5.81. The monoisotopic (exact) mass is 284 g/mol. The summed E-state index contributed by atoms with van der Waals surface area (Å²) in [5.41, 5.74) is 0.0279. The lowest BCUT2D eigenvalue weighted by Crippen LogP contribution is -2.37. The molecule has 0 saturated heterocycles. The Morgan fingerprint density at radius 3 is 2.58 bits per heavy atom. The van der Waals surface area contributed by atoms with Crippen molar-refractivity contribution >= 4 is 23.4 Å². The topological polar surface area (TPSA) is 92.5 Å². The Labute approximate surface area is 115 Å². The largest absolute Gasteiger partial charge is 0.394 e. The predicted octanol–water partition coefficient (Wildman–Crippen LogP) is 1.57. The Morgan fingerprint density at radius 2 is 2.11 bits per heavy atom. The number of nitro groups is 1. The van der Waals surface area contributed by atoms with E-state index in [1.54, 1.807) is 12.1 Å². The third-order valence-electron chi connectivity index (χ3n) is 2.50. The first kappa shape index (κ1) is 15.5. The van der Waals surface area contributed by atoms with Gasteiger partial charge in [0.2, 0.25) is 5.91 Å². The van der Waals surface area contributed by atoms with Crippen LogP contribution in [0.15, 0.2) is 29.2 Å². The molecule has 2 N–H and O–H groups in total. The van der Waals surface area contributed by atoms with Gasteiger partial charge in [0.15, 0.2) is 0 Å². The first-order valence-electron chi connectivity index (χ1n) is 5.84. The Hall–Kier alpha value is -1.60. The zero-order valence-electron chi connectivity index (χ0n) is 10.5. The molecule has 0 aliphatic heterocycles. The highest BCUT2D eigenvalue weighted by Crippen LogP contribution is 2.21. The Morgan fingerprint density at radius 1 is 1.47 bits per heavy atom. The number of aliphatic hydroxyl groups excluding tert-OH is 1. The summed E-state index contributed by atoms with van der Waals surface area (Å²) in [6.07, 6.45) is 0.671. The molecule has 0 radical (unpaired) electrons. The highest BCUT2D eigenvalue weighted by atomic mass is 32.2. The number of thioether (sulfide) groups is 1. The predicted molar refractivity (Wildman–Crippen MR) is 73.1 cm³/mol. The second-order valence-corrected chi connectivity index (χ2v) is 4.94. The van der Waals surface area contributed by atoms with E-state index in [9.17, 15) is 14.9 Å². The molecule has 1 amide bonds. The molecule has 0 heterocycles. The van der Waals surface area contributed by atoms with Gasteiger partial charge in [0, 0.05) is 17.0 Å². The molecule has 1 atom stereocenters. The lowest BCUT2D eigenvalue weighted by molar-refractivity contribution is -0.384. The van der Waals surface area contributed by atoms with Crippen molar-refractivity contribution in [1.29, 1.82) is 0 Å². The van der Waals surface area contributed by atoms with Gasteiger partial charge in [-0.25, -0.2) is 0 Å². The minimum atomic E-state index is -0.464. The van der Waals surface area contributed by atoms with E-state index in [1.165, 1.54) is 23.9 Å². The number of nitrogens with one attached hydrogen (secondary N) is 1. The number of carbonyl (C=O) groups is 1. The summed E-state index contributed by atoms with van der Waals surface area (Å²) in [7, 11) is 0. The van der Waals surface area contributed by atoms with E-state index in [1.807, 2.05) is 6.92 Å². The Kier molecular flexibility index (Phi) is 6.31. The normalized spacial score (nSPS) is 11.9. The van der Waals surface area contributed by atoms with Crippen molar-refractivity contribution in [1.82, 2.24) is 5.32 Å². The number of non-ortho nitro benzene ring substituents is 1. The lowest BCUT2D eigenvalue weighted by atomic mass is 10.2. The van der Waals surface area contributed by atoms with Crippen molar-refractivity contribution in [3.8, 4) is 0 Å². The molecule has 104 valence electrons. The van der Waals surface area contributed by atoms with Crippen LogP contribution in [-0.2, 0) is 4.79 Å². The van der Waals surface area contributed by atoms with Gasteiger partial charge in [0.25, 0.3) is 5.69 Å². The smallest absolute Gasteiger partial charge is 0.269 e. The second-order valence-electron chi connectivity index (χ2n) is 3.89. The van der Waals surface area contributed by atoms with E-state index in [0.717, 1.165) is 4.90 Å². The number of carbonyl (C=O) groups excluding carboxylic acids is 1. The molecule has 1 rings (SSSR count). The van der Waals surface area contributed by atoms with E-state index in [-0.39, 0.29) is 30.0 Å². The summed E-state index contributed by atoms with van der Waals surface area (Å²) in [4.78, 5) is 22.4. The number of benzene rings is 1. The highest BCUT2D eigenvalue weighted by molar-refractivity contribution is 8.00. The molecular formula is C12H16N2O4S. The van der Waals surface area contributed by atoms with Crippen LogP contribution in [0, 0.1) is 10.1 Å². The second kappa shape index (κ2) is 7.75. The van der Waals surface area contributed by atoms with E-state index in [0.29, 0.717) is 6.42 Å². The lowest BCUT2D eigenvalue weighted by Gasteiger charge is -2.13. The van der Waals surface area contributed by atoms with Gasteiger partial charge in [-0.3, -0.25) is 14.9 Å². The van der Waals surface area contributed by atoms with Crippen LogP contribution in [0.4, 0.5) is 5.69 Å². The van der Waals surface area contributed by atoms with Crippen molar-refractivity contribution in [3.63, 3.8) is 0 Å². The van der Waals surface area contributed by atoms with Crippen molar-refractivity contribution in [2.24, 2.45) is 0 Å². The molecule has 0 saturated carbocycles. The quantitative estimate of drug-likeness (QED) is 0.450. The zero-order valence-corrected chi connectivity index (χ0v) is 11.4. The number of hydrogen-bond acceptors (Lipinski definition) is 5. The maximum absolute atomic E-state index is 11.6. The molecule has 1 aromatic rings. The molecule has 0 aliphatic carbocycles. The number of hydrogen-bond donors (Lipinski definition) is 2. The third-order valence-corrected chi connectivity index (χ3v) is 3.51. The molecule has 6 nitrogen and oxygen atoms in total. The van der Waals surface area contributed by atoms with Crippen molar-refractivity contribution in [2.45, 2.75) is 24.3 Å². The third kappa shape index (κ3) is 5.27. The van der Waals surface area contributed by atoms with Crippen LogP contribution in [0.3, 0.4) is 0 Å². The summed E-state index contributed by atoms with van der Waals surface area (Å²) in [5.74, 6) is 0.0538. The number of nitrogens with zero attached hydrogens (tertiary/aromatic N) is 1. The molecule has 0 aliphatic rings.